The van der Waals surface area contributed by atoms with Crippen LogP contribution in [0.5, 0.6) is 0 Å². The molecule has 18 heavy (non-hydrogen) atoms. The van der Waals surface area contributed by atoms with Crippen LogP contribution in [0.2, 0.25) is 0 Å². The monoisotopic (exact) mass is 315 g/mol. The summed E-state index contributed by atoms with van der Waals surface area (Å²) in [5, 5.41) is 0. The molecule has 1 saturated heterocycles. The van der Waals surface area contributed by atoms with Crippen molar-refractivity contribution in [1.29, 1.82) is 0 Å². The van der Waals surface area contributed by atoms with Crippen LogP contribution in [0.25, 0.3) is 0 Å². The summed E-state index contributed by atoms with van der Waals surface area (Å²) in [6.45, 7) is 7.59. The molecular formula is C14H22BrNO2. The van der Waals surface area contributed by atoms with Gasteiger partial charge in [0, 0.05) is 23.3 Å². The number of hydrogen-bond donors (Lipinski definition) is 0. The predicted octanol–water partition coefficient (Wildman–Crippen LogP) is 3.56. The first-order valence-corrected chi connectivity index (χ1v) is 7.75. The average Bonchev–Trinajstić information content (AvgIpc) is 2.00. The van der Waals surface area contributed by atoms with Gasteiger partial charge in [-0.05, 0) is 51.9 Å². The first kappa shape index (κ1) is 12.8. The topological polar surface area (TPSA) is 29.5 Å². The summed E-state index contributed by atoms with van der Waals surface area (Å²) in [6, 6.07) is 0. The van der Waals surface area contributed by atoms with Crippen molar-refractivity contribution >= 4 is 22.0 Å². The number of carbonyl (C=O) groups excluding carboxylic acids is 1. The van der Waals surface area contributed by atoms with Crippen LogP contribution in [0.4, 0.5) is 4.79 Å². The Morgan fingerprint density at radius 1 is 1.22 bits per heavy atom. The first-order chi connectivity index (χ1) is 8.21. The number of carbonyl (C=O) groups is 1. The van der Waals surface area contributed by atoms with Crippen LogP contribution in [0.3, 0.4) is 0 Å². The van der Waals surface area contributed by atoms with Crippen molar-refractivity contribution < 1.29 is 9.53 Å². The molecule has 1 heterocycles. The first-order valence-electron chi connectivity index (χ1n) is 6.83. The second-order valence-corrected chi connectivity index (χ2v) is 8.99. The maximum Gasteiger partial charge on any atom is 0.410 e. The van der Waals surface area contributed by atoms with E-state index >= 15 is 0 Å². The van der Waals surface area contributed by atoms with E-state index in [0.29, 0.717) is 10.8 Å². The quantitative estimate of drug-likeness (QED) is 0.640. The van der Waals surface area contributed by atoms with Crippen LogP contribution in [0, 0.1) is 10.8 Å². The summed E-state index contributed by atoms with van der Waals surface area (Å²) in [5.41, 5.74) is 0.704. The zero-order chi connectivity index (χ0) is 13.2. The Labute approximate surface area is 117 Å². The Morgan fingerprint density at radius 3 is 2.22 bits per heavy atom. The third-order valence-electron chi connectivity index (χ3n) is 4.51. The van der Waals surface area contributed by atoms with Crippen LogP contribution in [0.15, 0.2) is 0 Å². The minimum atomic E-state index is -0.377. The van der Waals surface area contributed by atoms with Gasteiger partial charge in [0.2, 0.25) is 0 Å². The highest BCUT2D eigenvalue weighted by Gasteiger charge is 2.64. The highest BCUT2D eigenvalue weighted by Crippen LogP contribution is 2.68. The molecule has 0 radical (unpaired) electrons. The molecule has 3 nitrogen and oxygen atoms in total. The van der Waals surface area contributed by atoms with Crippen molar-refractivity contribution in [2.24, 2.45) is 10.8 Å². The molecule has 0 N–H and O–H groups in total. The maximum atomic E-state index is 11.9. The van der Waals surface area contributed by atoms with Crippen molar-refractivity contribution in [3.05, 3.63) is 0 Å². The van der Waals surface area contributed by atoms with E-state index < -0.39 is 0 Å². The summed E-state index contributed by atoms with van der Waals surface area (Å²) in [5.74, 6) is 0. The van der Waals surface area contributed by atoms with E-state index in [1.54, 1.807) is 0 Å². The summed E-state index contributed by atoms with van der Waals surface area (Å²) in [6.07, 6.45) is 5.17. The molecule has 4 heteroatoms. The van der Waals surface area contributed by atoms with E-state index in [0.717, 1.165) is 17.9 Å². The molecule has 1 aliphatic heterocycles. The molecule has 1 amide bonds. The second kappa shape index (κ2) is 3.65. The third-order valence-corrected chi connectivity index (χ3v) is 5.16. The van der Waals surface area contributed by atoms with Gasteiger partial charge >= 0.3 is 6.09 Å². The van der Waals surface area contributed by atoms with Crippen molar-refractivity contribution in [2.45, 2.75) is 56.9 Å². The van der Waals surface area contributed by atoms with E-state index in [1.807, 2.05) is 25.7 Å². The minimum absolute atomic E-state index is 0.138. The van der Waals surface area contributed by atoms with Crippen LogP contribution in [-0.4, -0.2) is 34.5 Å². The highest BCUT2D eigenvalue weighted by atomic mass is 79.9. The standard InChI is InChI=1S/C14H22BrNO2/c1-12(2,3)18-11(17)16-8-14(9-16)6-13(7-14)4-10(15)5-13/h10H,4-9H2,1-3H3. The SMILES string of the molecule is CC(C)(C)OC(=O)N1CC2(C1)CC1(CC(Br)C1)C2. The molecule has 3 fully saturated rings. The Balaban J connectivity index is 1.46. The van der Waals surface area contributed by atoms with E-state index in [9.17, 15) is 4.79 Å². The molecule has 3 aliphatic rings. The van der Waals surface area contributed by atoms with Crippen molar-refractivity contribution in [2.75, 3.05) is 13.1 Å². The van der Waals surface area contributed by atoms with Gasteiger partial charge in [0.25, 0.3) is 0 Å². The van der Waals surface area contributed by atoms with Gasteiger partial charge in [-0.3, -0.25) is 0 Å². The molecule has 2 aliphatic carbocycles. The predicted molar refractivity (Wildman–Crippen MR) is 73.9 cm³/mol. The van der Waals surface area contributed by atoms with E-state index in [1.165, 1.54) is 25.7 Å². The van der Waals surface area contributed by atoms with Gasteiger partial charge in [0.15, 0.2) is 0 Å². The summed E-state index contributed by atoms with van der Waals surface area (Å²) in [4.78, 5) is 14.5. The molecule has 102 valence electrons. The molecule has 0 aromatic rings. The largest absolute Gasteiger partial charge is 0.444 e. The van der Waals surface area contributed by atoms with Gasteiger partial charge in [0.05, 0.1) is 0 Å². The lowest BCUT2D eigenvalue weighted by Crippen LogP contribution is -2.69. The molecule has 0 atom stereocenters. The Kier molecular flexibility index (Phi) is 2.59. The van der Waals surface area contributed by atoms with Crippen molar-refractivity contribution in [3.8, 4) is 0 Å². The number of hydrogen-bond acceptors (Lipinski definition) is 2. The molecular weight excluding hydrogens is 294 g/mol. The van der Waals surface area contributed by atoms with Crippen LogP contribution >= 0.6 is 15.9 Å². The summed E-state index contributed by atoms with van der Waals surface area (Å²) < 4.78 is 5.39. The van der Waals surface area contributed by atoms with E-state index in [4.69, 9.17) is 4.74 Å². The van der Waals surface area contributed by atoms with E-state index in [-0.39, 0.29) is 11.7 Å². The van der Waals surface area contributed by atoms with Crippen LogP contribution in [0.1, 0.15) is 46.5 Å². The maximum absolute atomic E-state index is 11.9. The molecule has 0 bridgehead atoms. The van der Waals surface area contributed by atoms with Gasteiger partial charge in [0.1, 0.15) is 5.60 Å². The Bertz CT molecular complexity index is 366. The molecule has 0 aromatic heterocycles. The number of likely N-dealkylation sites (tertiary alicyclic amines) is 1. The highest BCUT2D eigenvalue weighted by molar-refractivity contribution is 9.09. The minimum Gasteiger partial charge on any atom is -0.444 e. The zero-order valence-electron chi connectivity index (χ0n) is 11.5. The fourth-order valence-corrected chi connectivity index (χ4v) is 5.52. The number of ether oxygens (including phenoxy) is 1. The Morgan fingerprint density at radius 2 is 1.78 bits per heavy atom. The molecule has 2 spiro atoms. The summed E-state index contributed by atoms with van der Waals surface area (Å²) in [7, 11) is 0. The number of halogens is 1. The van der Waals surface area contributed by atoms with Crippen molar-refractivity contribution in [3.63, 3.8) is 0 Å². The normalized spacial score (nSPS) is 28.6. The third kappa shape index (κ3) is 2.06. The molecule has 2 saturated carbocycles. The number of nitrogens with zero attached hydrogens (tertiary/aromatic N) is 1. The van der Waals surface area contributed by atoms with Crippen LogP contribution in [-0.2, 0) is 4.74 Å². The Hall–Kier alpha value is -0.250. The number of alkyl halides is 1. The van der Waals surface area contributed by atoms with E-state index in [2.05, 4.69) is 15.9 Å². The fraction of sp³-hybridized carbons (Fsp3) is 0.929. The van der Waals surface area contributed by atoms with Gasteiger partial charge in [-0.15, -0.1) is 0 Å². The lowest BCUT2D eigenvalue weighted by molar-refractivity contribution is -0.165. The smallest absolute Gasteiger partial charge is 0.410 e. The van der Waals surface area contributed by atoms with Crippen LogP contribution < -0.4 is 0 Å². The van der Waals surface area contributed by atoms with Gasteiger partial charge in [-0.1, -0.05) is 15.9 Å². The second-order valence-electron chi connectivity index (χ2n) is 7.70. The number of rotatable bonds is 0. The molecule has 3 rings (SSSR count). The molecule has 0 aromatic carbocycles. The molecule has 0 unspecified atom stereocenters. The fourth-order valence-electron chi connectivity index (χ4n) is 4.15. The average molecular weight is 316 g/mol. The summed E-state index contributed by atoms with van der Waals surface area (Å²) >= 11 is 3.67. The zero-order valence-corrected chi connectivity index (χ0v) is 13.0. The lowest BCUT2D eigenvalue weighted by atomic mass is 9.43. The van der Waals surface area contributed by atoms with Gasteiger partial charge in [-0.25, -0.2) is 4.79 Å². The van der Waals surface area contributed by atoms with Gasteiger partial charge in [-0.2, -0.15) is 0 Å². The van der Waals surface area contributed by atoms with Gasteiger partial charge < -0.3 is 9.64 Å². The number of amides is 1. The lowest BCUT2D eigenvalue weighted by Gasteiger charge is -2.68. The van der Waals surface area contributed by atoms with Crippen molar-refractivity contribution in [1.82, 2.24) is 4.90 Å².